The number of aldehydes is 1. The molecule has 0 spiro atoms. The number of carbonyl (C=O) groups is 1. The van der Waals surface area contributed by atoms with Crippen LogP contribution >= 0.6 is 0 Å². The molecule has 1 saturated carbocycles. The molecule has 1 fully saturated rings. The van der Waals surface area contributed by atoms with E-state index < -0.39 is 0 Å². The van der Waals surface area contributed by atoms with Gasteiger partial charge in [-0.15, -0.1) is 5.10 Å². The van der Waals surface area contributed by atoms with Crippen molar-refractivity contribution in [3.05, 3.63) is 47.0 Å². The van der Waals surface area contributed by atoms with Crippen molar-refractivity contribution in [2.75, 3.05) is 0 Å². The van der Waals surface area contributed by atoms with Crippen LogP contribution in [0.3, 0.4) is 0 Å². The van der Waals surface area contributed by atoms with Gasteiger partial charge in [-0.25, -0.2) is 9.07 Å². The molecule has 5 heteroatoms. The first-order valence-electron chi connectivity index (χ1n) is 7.41. The highest BCUT2D eigenvalue weighted by molar-refractivity contribution is 5.73. The topological polar surface area (TPSA) is 47.8 Å². The fraction of sp³-hybridized carbons (Fsp3) is 0.438. The van der Waals surface area contributed by atoms with Crippen molar-refractivity contribution < 1.29 is 9.18 Å². The highest BCUT2D eigenvalue weighted by Gasteiger charge is 2.24. The summed E-state index contributed by atoms with van der Waals surface area (Å²) in [6.45, 7) is 0.319. The molecular weight excluding hydrogens is 269 g/mol. The van der Waals surface area contributed by atoms with Gasteiger partial charge in [-0.3, -0.25) is 4.79 Å². The van der Waals surface area contributed by atoms with E-state index in [4.69, 9.17) is 0 Å². The predicted octanol–water partition coefficient (Wildman–Crippen LogP) is 3.33. The summed E-state index contributed by atoms with van der Waals surface area (Å²) < 4.78 is 15.5. The van der Waals surface area contributed by atoms with E-state index in [2.05, 4.69) is 10.3 Å². The molecule has 21 heavy (non-hydrogen) atoms. The average Bonchev–Trinajstić information content (AvgIpc) is 2.93. The van der Waals surface area contributed by atoms with Gasteiger partial charge in [0.15, 0.2) is 6.29 Å². The molecule has 1 aliphatic rings. The first kappa shape index (κ1) is 13.9. The number of halogens is 1. The molecule has 3 rings (SSSR count). The van der Waals surface area contributed by atoms with Crippen LogP contribution in [0.5, 0.6) is 0 Å². The molecule has 0 radical (unpaired) electrons. The van der Waals surface area contributed by atoms with Crippen molar-refractivity contribution >= 4 is 6.29 Å². The third-order valence-corrected chi connectivity index (χ3v) is 4.18. The molecule has 0 bridgehead atoms. The van der Waals surface area contributed by atoms with Crippen molar-refractivity contribution in [3.8, 4) is 0 Å². The van der Waals surface area contributed by atoms with Crippen LogP contribution in [0.15, 0.2) is 24.3 Å². The molecule has 0 atom stereocenters. The van der Waals surface area contributed by atoms with Crippen LogP contribution in [0.1, 0.15) is 59.8 Å². The molecule has 0 saturated heterocycles. The maximum Gasteiger partial charge on any atom is 0.172 e. The lowest BCUT2D eigenvalue weighted by Crippen LogP contribution is -2.15. The van der Waals surface area contributed by atoms with Crippen LogP contribution in [0.2, 0.25) is 0 Å². The number of benzene rings is 1. The zero-order valence-corrected chi connectivity index (χ0v) is 11.8. The standard InChI is InChI=1S/C16H18FN3O/c17-14-9-5-4-8-13(14)10-20-16(15(11-21)18-19-20)12-6-2-1-3-7-12/h4-5,8-9,11-12H,1-3,6-7,10H2. The fourth-order valence-electron chi connectivity index (χ4n) is 3.12. The second-order valence-electron chi connectivity index (χ2n) is 5.56. The molecule has 1 aromatic heterocycles. The number of hydrogen-bond donors (Lipinski definition) is 0. The minimum Gasteiger partial charge on any atom is -0.296 e. The Labute approximate surface area is 123 Å². The van der Waals surface area contributed by atoms with E-state index in [1.165, 1.54) is 12.5 Å². The molecule has 0 unspecified atom stereocenters. The summed E-state index contributed by atoms with van der Waals surface area (Å²) in [5.74, 6) is 0.0518. The van der Waals surface area contributed by atoms with Crippen LogP contribution < -0.4 is 0 Å². The zero-order valence-electron chi connectivity index (χ0n) is 11.8. The maximum absolute atomic E-state index is 13.8. The summed E-state index contributed by atoms with van der Waals surface area (Å²) >= 11 is 0. The first-order valence-corrected chi connectivity index (χ1v) is 7.41. The van der Waals surface area contributed by atoms with Crippen LogP contribution in [-0.4, -0.2) is 21.3 Å². The van der Waals surface area contributed by atoms with Gasteiger partial charge in [-0.1, -0.05) is 42.7 Å². The van der Waals surface area contributed by atoms with Crippen LogP contribution in [0.25, 0.3) is 0 Å². The molecular formula is C16H18FN3O. The first-order chi connectivity index (χ1) is 10.3. The fourth-order valence-corrected chi connectivity index (χ4v) is 3.12. The predicted molar refractivity (Wildman–Crippen MR) is 76.7 cm³/mol. The second-order valence-corrected chi connectivity index (χ2v) is 5.56. The lowest BCUT2D eigenvalue weighted by atomic mass is 9.86. The Morgan fingerprint density at radius 1 is 1.24 bits per heavy atom. The van der Waals surface area contributed by atoms with Crippen LogP contribution in [-0.2, 0) is 6.54 Å². The molecule has 0 aliphatic heterocycles. The van der Waals surface area contributed by atoms with Crippen molar-refractivity contribution in [2.45, 2.75) is 44.6 Å². The summed E-state index contributed by atoms with van der Waals surface area (Å²) in [5.41, 5.74) is 1.84. The summed E-state index contributed by atoms with van der Waals surface area (Å²) in [7, 11) is 0. The van der Waals surface area contributed by atoms with Gasteiger partial charge in [0.2, 0.25) is 0 Å². The van der Waals surface area contributed by atoms with Crippen molar-refractivity contribution in [2.24, 2.45) is 0 Å². The normalized spacial score (nSPS) is 16.0. The van der Waals surface area contributed by atoms with Crippen molar-refractivity contribution in [1.29, 1.82) is 0 Å². The van der Waals surface area contributed by atoms with E-state index in [0.29, 0.717) is 23.7 Å². The van der Waals surface area contributed by atoms with Crippen molar-refractivity contribution in [3.63, 3.8) is 0 Å². The Balaban J connectivity index is 1.93. The van der Waals surface area contributed by atoms with Gasteiger partial charge in [0, 0.05) is 11.5 Å². The summed E-state index contributed by atoms with van der Waals surface area (Å²) in [5, 5.41) is 8.03. The minimum atomic E-state index is -0.254. The quantitative estimate of drug-likeness (QED) is 0.810. The van der Waals surface area contributed by atoms with E-state index in [9.17, 15) is 9.18 Å². The second kappa shape index (κ2) is 6.16. The summed E-state index contributed by atoms with van der Waals surface area (Å²) in [6, 6.07) is 6.64. The Morgan fingerprint density at radius 3 is 2.71 bits per heavy atom. The van der Waals surface area contributed by atoms with E-state index >= 15 is 0 Å². The van der Waals surface area contributed by atoms with Gasteiger partial charge in [0.25, 0.3) is 0 Å². The van der Waals surface area contributed by atoms with Gasteiger partial charge in [0.1, 0.15) is 11.5 Å². The number of aromatic nitrogens is 3. The van der Waals surface area contributed by atoms with Crippen LogP contribution in [0, 0.1) is 5.82 Å². The third-order valence-electron chi connectivity index (χ3n) is 4.18. The summed E-state index contributed by atoms with van der Waals surface area (Å²) in [6.07, 6.45) is 6.41. The summed E-state index contributed by atoms with van der Waals surface area (Å²) in [4.78, 5) is 11.2. The molecule has 110 valence electrons. The Hall–Kier alpha value is -2.04. The van der Waals surface area contributed by atoms with E-state index in [0.717, 1.165) is 37.7 Å². The van der Waals surface area contributed by atoms with Gasteiger partial charge < -0.3 is 0 Å². The Morgan fingerprint density at radius 2 is 2.00 bits per heavy atom. The number of hydrogen-bond acceptors (Lipinski definition) is 3. The van der Waals surface area contributed by atoms with E-state index in [-0.39, 0.29) is 5.82 Å². The lowest BCUT2D eigenvalue weighted by molar-refractivity contribution is 0.111. The Kier molecular flexibility index (Phi) is 4.08. The third kappa shape index (κ3) is 2.86. The molecule has 4 nitrogen and oxygen atoms in total. The molecule has 1 aromatic carbocycles. The largest absolute Gasteiger partial charge is 0.296 e. The average molecular weight is 287 g/mol. The monoisotopic (exact) mass is 287 g/mol. The van der Waals surface area contributed by atoms with Crippen molar-refractivity contribution in [1.82, 2.24) is 15.0 Å². The number of rotatable bonds is 4. The molecule has 1 heterocycles. The Bertz CT molecular complexity index is 632. The van der Waals surface area contributed by atoms with Gasteiger partial charge in [-0.05, 0) is 18.9 Å². The SMILES string of the molecule is O=Cc1nnn(Cc2ccccc2F)c1C1CCCCC1. The zero-order chi connectivity index (χ0) is 14.7. The van der Waals surface area contributed by atoms with Gasteiger partial charge in [0.05, 0.1) is 12.2 Å². The number of nitrogens with zero attached hydrogens (tertiary/aromatic N) is 3. The van der Waals surface area contributed by atoms with E-state index in [1.54, 1.807) is 22.9 Å². The molecule has 0 amide bonds. The highest BCUT2D eigenvalue weighted by atomic mass is 19.1. The lowest BCUT2D eigenvalue weighted by Gasteiger charge is -2.22. The number of carbonyl (C=O) groups excluding carboxylic acids is 1. The smallest absolute Gasteiger partial charge is 0.172 e. The van der Waals surface area contributed by atoms with Gasteiger partial charge in [-0.2, -0.15) is 0 Å². The van der Waals surface area contributed by atoms with Gasteiger partial charge >= 0.3 is 0 Å². The van der Waals surface area contributed by atoms with Crippen LogP contribution in [0.4, 0.5) is 4.39 Å². The van der Waals surface area contributed by atoms with E-state index in [1.807, 2.05) is 0 Å². The maximum atomic E-state index is 13.8. The highest BCUT2D eigenvalue weighted by Crippen LogP contribution is 2.33. The molecule has 0 N–H and O–H groups in total. The molecule has 1 aliphatic carbocycles. The molecule has 2 aromatic rings. The minimum absolute atomic E-state index is 0.254.